The van der Waals surface area contributed by atoms with Crippen LogP contribution in [0.5, 0.6) is 0 Å². The Morgan fingerprint density at radius 3 is 3.06 bits per heavy atom. The van der Waals surface area contributed by atoms with E-state index < -0.39 is 6.10 Å². The van der Waals surface area contributed by atoms with Crippen molar-refractivity contribution in [3.05, 3.63) is 22.1 Å². The summed E-state index contributed by atoms with van der Waals surface area (Å²) < 4.78 is 0. The Morgan fingerprint density at radius 2 is 2.41 bits per heavy atom. The molecule has 0 spiro atoms. The second-order valence-electron chi connectivity index (χ2n) is 3.86. The summed E-state index contributed by atoms with van der Waals surface area (Å²) in [4.78, 5) is 18.0. The molecule has 17 heavy (non-hydrogen) atoms. The Balaban J connectivity index is 2.36. The molecular formula is C11H19N3O2S. The van der Waals surface area contributed by atoms with Gasteiger partial charge in [0.1, 0.15) is 0 Å². The van der Waals surface area contributed by atoms with Gasteiger partial charge >= 0.3 is 0 Å². The van der Waals surface area contributed by atoms with Crippen LogP contribution >= 0.6 is 11.8 Å². The molecule has 0 aliphatic carbocycles. The van der Waals surface area contributed by atoms with Gasteiger partial charge in [-0.2, -0.15) is 0 Å². The van der Waals surface area contributed by atoms with Crippen molar-refractivity contribution in [3.63, 3.8) is 0 Å². The molecule has 0 fully saturated rings. The van der Waals surface area contributed by atoms with Gasteiger partial charge in [-0.15, -0.1) is 0 Å². The molecule has 1 rings (SSSR count). The predicted molar refractivity (Wildman–Crippen MR) is 69.5 cm³/mol. The number of aliphatic hydroxyl groups excluding tert-OH is 1. The zero-order chi connectivity index (χ0) is 12.7. The summed E-state index contributed by atoms with van der Waals surface area (Å²) in [6, 6.07) is 1.45. The topological polar surface area (TPSA) is 78.0 Å². The number of H-pyrrole nitrogens is 1. The van der Waals surface area contributed by atoms with Gasteiger partial charge in [0.15, 0.2) is 5.16 Å². The summed E-state index contributed by atoms with van der Waals surface area (Å²) in [6.45, 7) is 5.33. The van der Waals surface area contributed by atoms with E-state index in [-0.39, 0.29) is 5.56 Å². The van der Waals surface area contributed by atoms with Crippen LogP contribution < -0.4 is 10.9 Å². The lowest BCUT2D eigenvalue weighted by Gasteiger charge is -2.10. The van der Waals surface area contributed by atoms with Gasteiger partial charge in [0, 0.05) is 24.1 Å². The van der Waals surface area contributed by atoms with Gasteiger partial charge < -0.3 is 15.4 Å². The van der Waals surface area contributed by atoms with E-state index in [4.69, 9.17) is 0 Å². The minimum absolute atomic E-state index is 0.154. The van der Waals surface area contributed by atoms with Gasteiger partial charge in [0.25, 0.3) is 5.56 Å². The lowest BCUT2D eigenvalue weighted by atomic mass is 10.4. The van der Waals surface area contributed by atoms with Gasteiger partial charge in [-0.05, 0) is 19.9 Å². The fraction of sp³-hybridized carbons (Fsp3) is 0.636. The number of nitrogens with one attached hydrogen (secondary N) is 2. The van der Waals surface area contributed by atoms with Gasteiger partial charge in [-0.3, -0.25) is 4.79 Å². The molecule has 0 bridgehead atoms. The fourth-order valence-electron chi connectivity index (χ4n) is 1.30. The summed E-state index contributed by atoms with van der Waals surface area (Å²) >= 11 is 1.36. The van der Waals surface area contributed by atoms with E-state index in [2.05, 4.69) is 22.2 Å². The van der Waals surface area contributed by atoms with Crippen LogP contribution in [0.3, 0.4) is 0 Å². The smallest absolute Gasteiger partial charge is 0.251 e. The van der Waals surface area contributed by atoms with Crippen molar-refractivity contribution in [1.29, 1.82) is 0 Å². The molecule has 1 aromatic rings. The Hall–Kier alpha value is -0.850. The van der Waals surface area contributed by atoms with Gasteiger partial charge in [-0.1, -0.05) is 18.7 Å². The number of hydrogen-bond acceptors (Lipinski definition) is 5. The predicted octanol–water partition coefficient (Wildman–Crippen LogP) is 0.531. The monoisotopic (exact) mass is 257 g/mol. The van der Waals surface area contributed by atoms with Crippen molar-refractivity contribution in [3.8, 4) is 0 Å². The Kier molecular flexibility index (Phi) is 6.25. The van der Waals surface area contributed by atoms with Gasteiger partial charge in [0.05, 0.1) is 6.10 Å². The largest absolute Gasteiger partial charge is 0.391 e. The number of aromatic nitrogens is 2. The second-order valence-corrected chi connectivity index (χ2v) is 4.87. The number of aromatic amines is 1. The molecule has 1 unspecified atom stereocenters. The van der Waals surface area contributed by atoms with Gasteiger partial charge in [-0.25, -0.2) is 4.98 Å². The van der Waals surface area contributed by atoms with Crippen LogP contribution in [-0.2, 0) is 0 Å². The molecule has 0 radical (unpaired) electrons. The van der Waals surface area contributed by atoms with Crippen molar-refractivity contribution in [1.82, 2.24) is 15.3 Å². The quantitative estimate of drug-likeness (QED) is 0.377. The van der Waals surface area contributed by atoms with Crippen LogP contribution in [0, 0.1) is 6.92 Å². The number of rotatable bonds is 7. The molecule has 1 heterocycles. The van der Waals surface area contributed by atoms with E-state index in [0.29, 0.717) is 23.1 Å². The van der Waals surface area contributed by atoms with Crippen molar-refractivity contribution >= 4 is 11.8 Å². The first kappa shape index (κ1) is 14.2. The minimum atomic E-state index is -0.433. The standard InChI is InChI=1S/C11H19N3O2S/c1-3-4-12-6-9(15)7-17-11-13-8(2)5-10(16)14-11/h5,9,12,15H,3-4,6-7H2,1-2H3,(H,13,14,16). The molecule has 6 heteroatoms. The molecule has 0 aliphatic rings. The third-order valence-corrected chi connectivity index (χ3v) is 3.09. The van der Waals surface area contributed by atoms with E-state index in [1.165, 1.54) is 17.8 Å². The number of aliphatic hydroxyl groups is 1. The highest BCUT2D eigenvalue weighted by Gasteiger charge is 2.06. The second kappa shape index (κ2) is 7.47. The van der Waals surface area contributed by atoms with Crippen molar-refractivity contribution in [2.45, 2.75) is 31.5 Å². The molecule has 0 aromatic carbocycles. The van der Waals surface area contributed by atoms with Crippen LogP contribution in [-0.4, -0.2) is 40.0 Å². The van der Waals surface area contributed by atoms with E-state index in [9.17, 15) is 9.90 Å². The van der Waals surface area contributed by atoms with Crippen LogP contribution in [0.25, 0.3) is 0 Å². The third kappa shape index (κ3) is 5.86. The molecule has 0 saturated carbocycles. The molecule has 1 atom stereocenters. The highest BCUT2D eigenvalue weighted by atomic mass is 32.2. The van der Waals surface area contributed by atoms with E-state index in [1.54, 1.807) is 6.92 Å². The first-order valence-corrected chi connectivity index (χ1v) is 6.70. The van der Waals surface area contributed by atoms with Crippen molar-refractivity contribution in [2.75, 3.05) is 18.8 Å². The maximum absolute atomic E-state index is 11.2. The van der Waals surface area contributed by atoms with E-state index >= 15 is 0 Å². The van der Waals surface area contributed by atoms with Crippen molar-refractivity contribution < 1.29 is 5.11 Å². The lowest BCUT2D eigenvalue weighted by molar-refractivity contribution is 0.196. The summed E-state index contributed by atoms with van der Waals surface area (Å²) in [5.74, 6) is 0.517. The summed E-state index contributed by atoms with van der Waals surface area (Å²) in [6.07, 6.45) is 0.615. The SMILES string of the molecule is CCCNCC(O)CSc1nc(C)cc(=O)[nH]1. The molecule has 3 N–H and O–H groups in total. The number of hydrogen-bond donors (Lipinski definition) is 3. The fourth-order valence-corrected chi connectivity index (χ4v) is 2.15. The zero-order valence-corrected chi connectivity index (χ0v) is 11.0. The Labute approximate surface area is 105 Å². The van der Waals surface area contributed by atoms with Crippen LogP contribution in [0.4, 0.5) is 0 Å². The van der Waals surface area contributed by atoms with E-state index in [0.717, 1.165) is 13.0 Å². The average molecular weight is 257 g/mol. The summed E-state index contributed by atoms with van der Waals surface area (Å²) in [7, 11) is 0. The molecule has 1 aromatic heterocycles. The third-order valence-electron chi connectivity index (χ3n) is 2.07. The zero-order valence-electron chi connectivity index (χ0n) is 10.2. The van der Waals surface area contributed by atoms with Crippen LogP contribution in [0.1, 0.15) is 19.0 Å². The summed E-state index contributed by atoms with van der Waals surface area (Å²) in [5, 5.41) is 13.4. The molecule has 0 saturated heterocycles. The lowest BCUT2D eigenvalue weighted by Crippen LogP contribution is -2.29. The highest BCUT2D eigenvalue weighted by molar-refractivity contribution is 7.99. The molecular weight excluding hydrogens is 238 g/mol. The first-order valence-electron chi connectivity index (χ1n) is 5.71. The number of aryl methyl sites for hydroxylation is 1. The summed E-state index contributed by atoms with van der Waals surface area (Å²) in [5.41, 5.74) is 0.536. The van der Waals surface area contributed by atoms with Crippen LogP contribution in [0.2, 0.25) is 0 Å². The molecule has 5 nitrogen and oxygen atoms in total. The normalized spacial score (nSPS) is 12.6. The maximum atomic E-state index is 11.2. The van der Waals surface area contributed by atoms with E-state index in [1.807, 2.05) is 0 Å². The molecule has 0 amide bonds. The molecule has 0 aliphatic heterocycles. The number of nitrogens with zero attached hydrogens (tertiary/aromatic N) is 1. The average Bonchev–Trinajstić information content (AvgIpc) is 2.25. The molecule has 96 valence electrons. The van der Waals surface area contributed by atoms with Gasteiger partial charge in [0.2, 0.25) is 0 Å². The Morgan fingerprint density at radius 1 is 1.65 bits per heavy atom. The first-order chi connectivity index (χ1) is 8.11. The highest BCUT2D eigenvalue weighted by Crippen LogP contribution is 2.12. The number of thioether (sulfide) groups is 1. The maximum Gasteiger partial charge on any atom is 0.251 e. The van der Waals surface area contributed by atoms with Crippen molar-refractivity contribution in [2.24, 2.45) is 0 Å². The van der Waals surface area contributed by atoms with Crippen LogP contribution in [0.15, 0.2) is 16.0 Å². The minimum Gasteiger partial charge on any atom is -0.391 e. The Bertz CT molecular complexity index is 395.